The van der Waals surface area contributed by atoms with Crippen molar-refractivity contribution in [1.82, 2.24) is 20.3 Å². The lowest BCUT2D eigenvalue weighted by Gasteiger charge is -2.24. The second kappa shape index (κ2) is 7.02. The zero-order valence-electron chi connectivity index (χ0n) is 16.0. The van der Waals surface area contributed by atoms with E-state index in [-0.39, 0.29) is 11.9 Å². The maximum Gasteiger partial charge on any atom is 0.227 e. The third-order valence-corrected chi connectivity index (χ3v) is 5.45. The molecule has 3 heterocycles. The molecule has 0 spiro atoms. The first-order chi connectivity index (χ1) is 13.0. The Morgan fingerprint density at radius 1 is 1.26 bits per heavy atom. The van der Waals surface area contributed by atoms with Gasteiger partial charge in [0.1, 0.15) is 0 Å². The summed E-state index contributed by atoms with van der Waals surface area (Å²) in [6.45, 7) is 6.74. The number of H-pyrrole nitrogens is 1. The SMILES string of the molecule is Cc1ccc(CC(=O)N2CCCC2c2[nH]ncc2-c2onc(C)c2C)cc1. The van der Waals surface area contributed by atoms with Gasteiger partial charge in [-0.15, -0.1) is 0 Å². The molecule has 0 radical (unpaired) electrons. The fourth-order valence-corrected chi connectivity index (χ4v) is 3.75. The van der Waals surface area contributed by atoms with Crippen molar-refractivity contribution < 1.29 is 9.32 Å². The monoisotopic (exact) mass is 364 g/mol. The van der Waals surface area contributed by atoms with Crippen LogP contribution in [0.15, 0.2) is 35.0 Å². The lowest BCUT2D eigenvalue weighted by atomic mass is 10.0. The minimum absolute atomic E-state index is 0.00902. The van der Waals surface area contributed by atoms with Crippen LogP contribution in [0.25, 0.3) is 11.3 Å². The van der Waals surface area contributed by atoms with E-state index in [2.05, 4.69) is 22.3 Å². The molecule has 6 nitrogen and oxygen atoms in total. The molecule has 1 aromatic carbocycles. The van der Waals surface area contributed by atoms with Crippen molar-refractivity contribution in [3.05, 3.63) is 58.5 Å². The summed E-state index contributed by atoms with van der Waals surface area (Å²) >= 11 is 0. The van der Waals surface area contributed by atoms with Gasteiger partial charge in [-0.1, -0.05) is 35.0 Å². The molecule has 1 unspecified atom stereocenters. The van der Waals surface area contributed by atoms with Crippen molar-refractivity contribution in [2.75, 3.05) is 6.54 Å². The van der Waals surface area contributed by atoms with Gasteiger partial charge in [-0.3, -0.25) is 9.89 Å². The molecular weight excluding hydrogens is 340 g/mol. The van der Waals surface area contributed by atoms with Crippen LogP contribution in [0, 0.1) is 20.8 Å². The van der Waals surface area contributed by atoms with Gasteiger partial charge < -0.3 is 9.42 Å². The topological polar surface area (TPSA) is 75.0 Å². The lowest BCUT2D eigenvalue weighted by molar-refractivity contribution is -0.131. The summed E-state index contributed by atoms with van der Waals surface area (Å²) in [6, 6.07) is 8.14. The third kappa shape index (κ3) is 3.27. The molecule has 0 saturated carbocycles. The van der Waals surface area contributed by atoms with Gasteiger partial charge in [0.2, 0.25) is 5.91 Å². The molecule has 1 fully saturated rings. The summed E-state index contributed by atoms with van der Waals surface area (Å²) < 4.78 is 5.53. The quantitative estimate of drug-likeness (QED) is 0.762. The Morgan fingerprint density at radius 2 is 2.04 bits per heavy atom. The van der Waals surface area contributed by atoms with Gasteiger partial charge in [0, 0.05) is 12.1 Å². The van der Waals surface area contributed by atoms with Gasteiger partial charge in [-0.2, -0.15) is 5.10 Å². The maximum atomic E-state index is 13.0. The predicted molar refractivity (Wildman–Crippen MR) is 102 cm³/mol. The zero-order valence-corrected chi connectivity index (χ0v) is 16.0. The average molecular weight is 364 g/mol. The first-order valence-electron chi connectivity index (χ1n) is 9.36. The molecule has 3 aromatic rings. The van der Waals surface area contributed by atoms with E-state index in [1.807, 2.05) is 43.0 Å². The summed E-state index contributed by atoms with van der Waals surface area (Å²) in [5.74, 6) is 0.876. The Kier molecular flexibility index (Phi) is 4.56. The van der Waals surface area contributed by atoms with E-state index in [1.165, 1.54) is 5.56 Å². The van der Waals surface area contributed by atoms with Gasteiger partial charge in [-0.25, -0.2) is 0 Å². The fourth-order valence-electron chi connectivity index (χ4n) is 3.75. The van der Waals surface area contributed by atoms with Crippen LogP contribution in [-0.4, -0.2) is 32.7 Å². The van der Waals surface area contributed by atoms with E-state index in [9.17, 15) is 4.79 Å². The maximum absolute atomic E-state index is 13.0. The summed E-state index contributed by atoms with van der Waals surface area (Å²) in [5.41, 5.74) is 5.95. The number of aromatic amines is 1. The molecular formula is C21H24N4O2. The highest BCUT2D eigenvalue weighted by molar-refractivity contribution is 5.80. The van der Waals surface area contributed by atoms with Crippen LogP contribution in [0.1, 0.15) is 47.0 Å². The second-order valence-electron chi connectivity index (χ2n) is 7.33. The summed E-state index contributed by atoms with van der Waals surface area (Å²) in [6.07, 6.45) is 4.09. The van der Waals surface area contributed by atoms with Gasteiger partial charge in [0.25, 0.3) is 0 Å². The molecule has 1 aliphatic heterocycles. The second-order valence-corrected chi connectivity index (χ2v) is 7.33. The number of benzene rings is 1. The van der Waals surface area contributed by atoms with Crippen LogP contribution >= 0.6 is 0 Å². The van der Waals surface area contributed by atoms with Crippen LogP contribution < -0.4 is 0 Å². The van der Waals surface area contributed by atoms with Gasteiger partial charge >= 0.3 is 0 Å². The standard InChI is InChI=1S/C21H24N4O2/c1-13-6-8-16(9-7-13)11-19(26)25-10-4-5-18(25)20-17(12-22-23-20)21-14(2)15(3)24-27-21/h6-9,12,18H,4-5,10-11H2,1-3H3,(H,22,23). The van der Waals surface area contributed by atoms with Crippen LogP contribution in [0.5, 0.6) is 0 Å². The summed E-state index contributed by atoms with van der Waals surface area (Å²) in [4.78, 5) is 14.9. The normalized spacial score (nSPS) is 16.9. The summed E-state index contributed by atoms with van der Waals surface area (Å²) in [7, 11) is 0. The third-order valence-electron chi connectivity index (χ3n) is 5.45. The molecule has 1 N–H and O–H groups in total. The Balaban J connectivity index is 1.59. The molecule has 4 rings (SSSR count). The van der Waals surface area contributed by atoms with Crippen molar-refractivity contribution in [2.24, 2.45) is 0 Å². The van der Waals surface area contributed by atoms with Crippen molar-refractivity contribution in [1.29, 1.82) is 0 Å². The van der Waals surface area contributed by atoms with E-state index in [0.29, 0.717) is 6.42 Å². The minimum atomic E-state index is -0.00902. The van der Waals surface area contributed by atoms with Crippen molar-refractivity contribution in [3.63, 3.8) is 0 Å². The molecule has 1 atom stereocenters. The molecule has 0 bridgehead atoms. The highest BCUT2D eigenvalue weighted by atomic mass is 16.5. The Morgan fingerprint density at radius 3 is 2.74 bits per heavy atom. The smallest absolute Gasteiger partial charge is 0.227 e. The first-order valence-corrected chi connectivity index (χ1v) is 9.36. The van der Waals surface area contributed by atoms with E-state index < -0.39 is 0 Å². The van der Waals surface area contributed by atoms with Crippen LogP contribution in [0.3, 0.4) is 0 Å². The van der Waals surface area contributed by atoms with E-state index in [4.69, 9.17) is 4.52 Å². The van der Waals surface area contributed by atoms with Gasteiger partial charge in [-0.05, 0) is 39.2 Å². The first kappa shape index (κ1) is 17.5. The van der Waals surface area contributed by atoms with Crippen molar-refractivity contribution in [2.45, 2.75) is 46.1 Å². The number of carbonyl (C=O) groups excluding carboxylic acids is 1. The molecule has 1 aliphatic rings. The minimum Gasteiger partial charge on any atom is -0.356 e. The van der Waals surface area contributed by atoms with E-state index >= 15 is 0 Å². The molecule has 1 saturated heterocycles. The number of aromatic nitrogens is 3. The van der Waals surface area contributed by atoms with E-state index in [0.717, 1.165) is 53.2 Å². The Hall–Kier alpha value is -2.89. The Labute approximate surface area is 158 Å². The molecule has 6 heteroatoms. The Bertz CT molecular complexity index is 955. The number of rotatable bonds is 4. The molecule has 140 valence electrons. The predicted octanol–water partition coefficient (Wildman–Crippen LogP) is 3.90. The molecule has 27 heavy (non-hydrogen) atoms. The molecule has 1 amide bonds. The number of carbonyl (C=O) groups is 1. The van der Waals surface area contributed by atoms with Crippen LogP contribution in [0.4, 0.5) is 0 Å². The number of nitrogens with zero attached hydrogens (tertiary/aromatic N) is 3. The average Bonchev–Trinajstić information content (AvgIpc) is 3.37. The van der Waals surface area contributed by atoms with E-state index in [1.54, 1.807) is 6.20 Å². The number of likely N-dealkylation sites (tertiary alicyclic amines) is 1. The van der Waals surface area contributed by atoms with Crippen LogP contribution in [-0.2, 0) is 11.2 Å². The lowest BCUT2D eigenvalue weighted by Crippen LogP contribution is -2.32. The van der Waals surface area contributed by atoms with Crippen molar-refractivity contribution in [3.8, 4) is 11.3 Å². The molecule has 0 aliphatic carbocycles. The van der Waals surface area contributed by atoms with Gasteiger partial charge in [0.15, 0.2) is 5.76 Å². The highest BCUT2D eigenvalue weighted by Gasteiger charge is 2.33. The fraction of sp³-hybridized carbons (Fsp3) is 0.381. The number of aryl methyl sites for hydroxylation is 2. The zero-order chi connectivity index (χ0) is 19.0. The van der Waals surface area contributed by atoms with Crippen molar-refractivity contribution >= 4 is 5.91 Å². The summed E-state index contributed by atoms with van der Waals surface area (Å²) in [5, 5.41) is 11.4. The van der Waals surface area contributed by atoms with Gasteiger partial charge in [0.05, 0.1) is 35.6 Å². The number of hydrogen-bond acceptors (Lipinski definition) is 4. The number of nitrogens with one attached hydrogen (secondary N) is 1. The number of amides is 1. The highest BCUT2D eigenvalue weighted by Crippen LogP contribution is 2.38. The molecule has 2 aromatic heterocycles. The largest absolute Gasteiger partial charge is 0.356 e. The van der Waals surface area contributed by atoms with Crippen LogP contribution in [0.2, 0.25) is 0 Å². The number of hydrogen-bond donors (Lipinski definition) is 1.